The van der Waals surface area contributed by atoms with Crippen LogP contribution in [0.3, 0.4) is 0 Å². The van der Waals surface area contributed by atoms with Gasteiger partial charge in [-0.25, -0.2) is 0 Å². The van der Waals surface area contributed by atoms with Crippen molar-refractivity contribution in [1.29, 1.82) is 0 Å². The third-order valence-electron chi connectivity index (χ3n) is 3.25. The lowest BCUT2D eigenvalue weighted by atomic mass is 10.1. The van der Waals surface area contributed by atoms with Crippen LogP contribution < -0.4 is 5.32 Å². The van der Waals surface area contributed by atoms with E-state index >= 15 is 0 Å². The Labute approximate surface area is 91.6 Å². The molecule has 0 radical (unpaired) electrons. The molecule has 1 amide bonds. The maximum Gasteiger partial charge on any atom is 0.227 e. The molecule has 2 saturated heterocycles. The lowest BCUT2D eigenvalue weighted by Crippen LogP contribution is -2.38. The van der Waals surface area contributed by atoms with Gasteiger partial charge < -0.3 is 10.2 Å². The SMILES string of the molecule is C[C@@H]1CCCN1C(=O)[C@@H]1CCNC1.Cl. The molecule has 2 fully saturated rings. The number of nitrogens with one attached hydrogen (secondary N) is 1. The Bertz CT molecular complexity index is 204. The van der Waals surface area contributed by atoms with Gasteiger partial charge in [0.05, 0.1) is 5.92 Å². The highest BCUT2D eigenvalue weighted by atomic mass is 35.5. The van der Waals surface area contributed by atoms with Gasteiger partial charge in [-0.3, -0.25) is 4.79 Å². The molecule has 0 aromatic carbocycles. The molecule has 0 unspecified atom stereocenters. The first kappa shape index (κ1) is 11.8. The van der Waals surface area contributed by atoms with E-state index in [9.17, 15) is 4.79 Å². The van der Waals surface area contributed by atoms with Gasteiger partial charge in [0.2, 0.25) is 5.91 Å². The number of hydrogen-bond donors (Lipinski definition) is 1. The minimum Gasteiger partial charge on any atom is -0.340 e. The number of halogens is 1. The normalized spacial score (nSPS) is 31.6. The third kappa shape index (κ3) is 2.20. The average molecular weight is 219 g/mol. The van der Waals surface area contributed by atoms with E-state index < -0.39 is 0 Å². The number of rotatable bonds is 1. The molecule has 82 valence electrons. The lowest BCUT2D eigenvalue weighted by molar-refractivity contribution is -0.135. The van der Waals surface area contributed by atoms with Crippen LogP contribution in [0.4, 0.5) is 0 Å². The summed E-state index contributed by atoms with van der Waals surface area (Å²) in [6.07, 6.45) is 3.40. The highest BCUT2D eigenvalue weighted by molar-refractivity contribution is 5.85. The molecule has 2 rings (SSSR count). The molecular formula is C10H19ClN2O. The molecule has 1 N–H and O–H groups in total. The second-order valence-corrected chi connectivity index (χ2v) is 4.21. The van der Waals surface area contributed by atoms with Crippen LogP contribution in [0.5, 0.6) is 0 Å². The summed E-state index contributed by atoms with van der Waals surface area (Å²) in [5, 5.41) is 3.24. The third-order valence-corrected chi connectivity index (χ3v) is 3.25. The van der Waals surface area contributed by atoms with Crippen molar-refractivity contribution in [3.05, 3.63) is 0 Å². The molecule has 0 spiro atoms. The second kappa shape index (κ2) is 4.99. The largest absolute Gasteiger partial charge is 0.340 e. The van der Waals surface area contributed by atoms with E-state index in [4.69, 9.17) is 0 Å². The molecule has 0 bridgehead atoms. The van der Waals surface area contributed by atoms with Crippen LogP contribution in [0.15, 0.2) is 0 Å². The summed E-state index contributed by atoms with van der Waals surface area (Å²) in [5.41, 5.74) is 0. The summed E-state index contributed by atoms with van der Waals surface area (Å²) < 4.78 is 0. The summed E-state index contributed by atoms with van der Waals surface area (Å²) in [6.45, 7) is 5.05. The first-order valence-electron chi connectivity index (χ1n) is 5.30. The molecule has 0 aromatic rings. The van der Waals surface area contributed by atoms with E-state index in [0.717, 1.165) is 26.1 Å². The molecule has 2 atom stereocenters. The molecule has 2 heterocycles. The first-order chi connectivity index (χ1) is 6.29. The standard InChI is InChI=1S/C10H18N2O.ClH/c1-8-3-2-6-12(8)10(13)9-4-5-11-7-9;/h8-9,11H,2-7H2,1H3;1H/t8-,9-;/m1./s1. The Kier molecular flexibility index (Phi) is 4.20. The fraction of sp³-hybridized carbons (Fsp3) is 0.900. The van der Waals surface area contributed by atoms with E-state index in [0.29, 0.717) is 11.9 Å². The van der Waals surface area contributed by atoms with Crippen molar-refractivity contribution in [2.45, 2.75) is 32.2 Å². The van der Waals surface area contributed by atoms with Crippen LogP contribution in [0, 0.1) is 5.92 Å². The van der Waals surface area contributed by atoms with Crippen molar-refractivity contribution >= 4 is 18.3 Å². The average Bonchev–Trinajstić information content (AvgIpc) is 2.72. The Morgan fingerprint density at radius 2 is 2.21 bits per heavy atom. The fourth-order valence-corrected chi connectivity index (χ4v) is 2.36. The van der Waals surface area contributed by atoms with Gasteiger partial charge in [-0.05, 0) is 32.7 Å². The van der Waals surface area contributed by atoms with Crippen molar-refractivity contribution in [2.75, 3.05) is 19.6 Å². The van der Waals surface area contributed by atoms with Crippen LogP contribution in [0.2, 0.25) is 0 Å². The Hall–Kier alpha value is -0.280. The molecule has 3 nitrogen and oxygen atoms in total. The van der Waals surface area contributed by atoms with E-state index in [1.165, 1.54) is 12.8 Å². The number of carbonyl (C=O) groups is 1. The Morgan fingerprint density at radius 1 is 1.43 bits per heavy atom. The number of hydrogen-bond acceptors (Lipinski definition) is 2. The van der Waals surface area contributed by atoms with E-state index in [1.807, 2.05) is 0 Å². The minimum absolute atomic E-state index is 0. The Balaban J connectivity index is 0.000000980. The molecule has 2 aliphatic rings. The van der Waals surface area contributed by atoms with Gasteiger partial charge in [-0.2, -0.15) is 0 Å². The molecule has 0 aromatic heterocycles. The molecule has 14 heavy (non-hydrogen) atoms. The zero-order valence-corrected chi connectivity index (χ0v) is 9.48. The topological polar surface area (TPSA) is 32.3 Å². The molecule has 0 saturated carbocycles. The maximum atomic E-state index is 11.9. The van der Waals surface area contributed by atoms with Gasteiger partial charge >= 0.3 is 0 Å². The van der Waals surface area contributed by atoms with Crippen LogP contribution >= 0.6 is 12.4 Å². The minimum atomic E-state index is 0. The summed E-state index contributed by atoms with van der Waals surface area (Å²) in [7, 11) is 0. The Morgan fingerprint density at radius 3 is 2.71 bits per heavy atom. The highest BCUT2D eigenvalue weighted by Crippen LogP contribution is 2.21. The lowest BCUT2D eigenvalue weighted by Gasteiger charge is -2.24. The van der Waals surface area contributed by atoms with Gasteiger partial charge in [0.15, 0.2) is 0 Å². The van der Waals surface area contributed by atoms with Crippen LogP contribution in [0.1, 0.15) is 26.2 Å². The molecular weight excluding hydrogens is 200 g/mol. The van der Waals surface area contributed by atoms with E-state index in [-0.39, 0.29) is 18.3 Å². The fourth-order valence-electron chi connectivity index (χ4n) is 2.36. The van der Waals surface area contributed by atoms with Crippen LogP contribution in [-0.4, -0.2) is 36.5 Å². The predicted octanol–water partition coefficient (Wildman–Crippen LogP) is 1.03. The van der Waals surface area contributed by atoms with Crippen molar-refractivity contribution < 1.29 is 4.79 Å². The van der Waals surface area contributed by atoms with E-state index in [2.05, 4.69) is 17.1 Å². The number of carbonyl (C=O) groups excluding carboxylic acids is 1. The molecule has 2 aliphatic heterocycles. The summed E-state index contributed by atoms with van der Waals surface area (Å²) in [4.78, 5) is 14.0. The quantitative estimate of drug-likeness (QED) is 0.713. The number of amides is 1. The van der Waals surface area contributed by atoms with Crippen molar-refractivity contribution in [3.63, 3.8) is 0 Å². The van der Waals surface area contributed by atoms with Gasteiger partial charge in [0.25, 0.3) is 0 Å². The number of nitrogens with zero attached hydrogens (tertiary/aromatic N) is 1. The van der Waals surface area contributed by atoms with Gasteiger partial charge in [0.1, 0.15) is 0 Å². The number of likely N-dealkylation sites (tertiary alicyclic amines) is 1. The van der Waals surface area contributed by atoms with E-state index in [1.54, 1.807) is 0 Å². The summed E-state index contributed by atoms with van der Waals surface area (Å²) in [6, 6.07) is 0.480. The van der Waals surface area contributed by atoms with Gasteiger partial charge in [-0.15, -0.1) is 12.4 Å². The smallest absolute Gasteiger partial charge is 0.227 e. The van der Waals surface area contributed by atoms with Crippen LogP contribution in [-0.2, 0) is 4.79 Å². The first-order valence-corrected chi connectivity index (χ1v) is 5.30. The van der Waals surface area contributed by atoms with Gasteiger partial charge in [-0.1, -0.05) is 0 Å². The highest BCUT2D eigenvalue weighted by Gasteiger charge is 2.31. The molecule has 4 heteroatoms. The van der Waals surface area contributed by atoms with Gasteiger partial charge in [0, 0.05) is 19.1 Å². The monoisotopic (exact) mass is 218 g/mol. The summed E-state index contributed by atoms with van der Waals surface area (Å²) >= 11 is 0. The predicted molar refractivity (Wildman–Crippen MR) is 58.6 cm³/mol. The zero-order valence-electron chi connectivity index (χ0n) is 8.66. The maximum absolute atomic E-state index is 11.9. The van der Waals surface area contributed by atoms with Crippen LogP contribution in [0.25, 0.3) is 0 Å². The van der Waals surface area contributed by atoms with Crippen molar-refractivity contribution in [2.24, 2.45) is 5.92 Å². The second-order valence-electron chi connectivity index (χ2n) is 4.21. The van der Waals surface area contributed by atoms with Crippen molar-refractivity contribution in [3.8, 4) is 0 Å². The zero-order chi connectivity index (χ0) is 9.26. The van der Waals surface area contributed by atoms with Crippen molar-refractivity contribution in [1.82, 2.24) is 10.2 Å². The molecule has 0 aliphatic carbocycles. The summed E-state index contributed by atoms with van der Waals surface area (Å²) in [5.74, 6) is 0.649.